The third-order valence-corrected chi connectivity index (χ3v) is 4.23. The van der Waals surface area contributed by atoms with E-state index in [1.54, 1.807) is 7.11 Å². The Morgan fingerprint density at radius 3 is 2.71 bits per heavy atom. The van der Waals surface area contributed by atoms with Gasteiger partial charge in [0.25, 0.3) is 0 Å². The van der Waals surface area contributed by atoms with Crippen LogP contribution >= 0.6 is 0 Å². The number of benzene rings is 1. The van der Waals surface area contributed by atoms with Crippen LogP contribution in [0.25, 0.3) is 0 Å². The molecule has 1 aliphatic rings. The molecule has 1 fully saturated rings. The number of hydrogen-bond donors (Lipinski definition) is 1. The van der Waals surface area contributed by atoms with Crippen molar-refractivity contribution in [3.8, 4) is 5.75 Å². The Morgan fingerprint density at radius 1 is 1.33 bits per heavy atom. The van der Waals surface area contributed by atoms with Gasteiger partial charge in [-0.3, -0.25) is 4.79 Å². The van der Waals surface area contributed by atoms with Crippen LogP contribution in [0.3, 0.4) is 0 Å². The summed E-state index contributed by atoms with van der Waals surface area (Å²) in [5, 5.41) is 3.09. The van der Waals surface area contributed by atoms with Crippen molar-refractivity contribution in [2.75, 3.05) is 26.9 Å². The van der Waals surface area contributed by atoms with Gasteiger partial charge in [-0.25, -0.2) is 0 Å². The van der Waals surface area contributed by atoms with Gasteiger partial charge in [0.05, 0.1) is 7.11 Å². The molecule has 0 atom stereocenters. The van der Waals surface area contributed by atoms with Crippen LogP contribution in [-0.2, 0) is 14.9 Å². The Balaban J connectivity index is 2.22. The van der Waals surface area contributed by atoms with Crippen molar-refractivity contribution in [2.24, 2.45) is 0 Å². The molecule has 0 aromatic heterocycles. The molecule has 1 aliphatic heterocycles. The molecule has 1 aromatic rings. The molecule has 0 spiro atoms. The largest absolute Gasteiger partial charge is 0.496 e. The lowest BCUT2D eigenvalue weighted by Gasteiger charge is -2.38. The van der Waals surface area contributed by atoms with Gasteiger partial charge in [0, 0.05) is 37.2 Å². The lowest BCUT2D eigenvalue weighted by molar-refractivity contribution is -0.121. The minimum absolute atomic E-state index is 0.0890. The average molecular weight is 291 g/mol. The van der Waals surface area contributed by atoms with Crippen LogP contribution in [-0.4, -0.2) is 32.8 Å². The van der Waals surface area contributed by atoms with Crippen molar-refractivity contribution in [3.63, 3.8) is 0 Å². The van der Waals surface area contributed by atoms with Crippen molar-refractivity contribution < 1.29 is 14.3 Å². The predicted octanol–water partition coefficient (Wildman–Crippen LogP) is 2.66. The van der Waals surface area contributed by atoms with Crippen molar-refractivity contribution in [1.29, 1.82) is 0 Å². The molecular weight excluding hydrogens is 266 g/mol. The van der Waals surface area contributed by atoms with Crippen LogP contribution in [0, 0.1) is 0 Å². The number of carbonyl (C=O) groups is 1. The van der Waals surface area contributed by atoms with Crippen molar-refractivity contribution in [3.05, 3.63) is 29.8 Å². The summed E-state index contributed by atoms with van der Waals surface area (Å²) in [4.78, 5) is 11.8. The molecule has 4 heteroatoms. The summed E-state index contributed by atoms with van der Waals surface area (Å²) in [7, 11) is 1.70. The fourth-order valence-corrected chi connectivity index (χ4v) is 2.97. The molecule has 1 N–H and O–H groups in total. The van der Waals surface area contributed by atoms with E-state index in [0.29, 0.717) is 13.0 Å². The van der Waals surface area contributed by atoms with Gasteiger partial charge in [-0.15, -0.1) is 0 Å². The number of nitrogens with one attached hydrogen (secondary N) is 1. The Labute approximate surface area is 126 Å². The van der Waals surface area contributed by atoms with Crippen LogP contribution in [0.4, 0.5) is 0 Å². The summed E-state index contributed by atoms with van der Waals surface area (Å²) < 4.78 is 11.0. The van der Waals surface area contributed by atoms with Gasteiger partial charge in [0.2, 0.25) is 5.91 Å². The summed E-state index contributed by atoms with van der Waals surface area (Å²) in [6.07, 6.45) is 3.26. The molecule has 0 saturated carbocycles. The fraction of sp³-hybridized carbons (Fsp3) is 0.588. The normalized spacial score (nSPS) is 17.2. The first kappa shape index (κ1) is 15.8. The van der Waals surface area contributed by atoms with E-state index in [9.17, 15) is 4.79 Å². The zero-order valence-corrected chi connectivity index (χ0v) is 13.0. The third kappa shape index (κ3) is 3.76. The molecule has 0 bridgehead atoms. The third-order valence-electron chi connectivity index (χ3n) is 4.23. The monoisotopic (exact) mass is 291 g/mol. The molecule has 4 nitrogen and oxygen atoms in total. The Kier molecular flexibility index (Phi) is 5.62. The summed E-state index contributed by atoms with van der Waals surface area (Å²) in [5.41, 5.74) is 1.08. The maximum absolute atomic E-state index is 11.8. The highest BCUT2D eigenvalue weighted by molar-refractivity contribution is 5.76. The van der Waals surface area contributed by atoms with Crippen LogP contribution in [0.1, 0.15) is 38.2 Å². The Morgan fingerprint density at radius 2 is 2.05 bits per heavy atom. The highest BCUT2D eigenvalue weighted by Gasteiger charge is 2.36. The molecule has 0 unspecified atom stereocenters. The topological polar surface area (TPSA) is 47.6 Å². The molecule has 1 heterocycles. The number of rotatable bonds is 6. The second kappa shape index (κ2) is 7.46. The van der Waals surface area contributed by atoms with E-state index in [0.717, 1.165) is 38.2 Å². The molecule has 1 aromatic carbocycles. The summed E-state index contributed by atoms with van der Waals surface area (Å²) in [5.74, 6) is 1.02. The zero-order chi connectivity index (χ0) is 15.1. The SMILES string of the molecule is CCCC(=O)NCC1(c2ccccc2OC)CCOCC1. The molecule has 2 rings (SSSR count). The summed E-state index contributed by atoms with van der Waals surface area (Å²) in [6, 6.07) is 8.10. The average Bonchev–Trinajstić information content (AvgIpc) is 2.54. The smallest absolute Gasteiger partial charge is 0.220 e. The molecule has 21 heavy (non-hydrogen) atoms. The van der Waals surface area contributed by atoms with Crippen LogP contribution in [0.5, 0.6) is 5.75 Å². The fourth-order valence-electron chi connectivity index (χ4n) is 2.97. The van der Waals surface area contributed by atoms with Gasteiger partial charge in [0.15, 0.2) is 0 Å². The maximum Gasteiger partial charge on any atom is 0.220 e. The Hall–Kier alpha value is -1.55. The summed E-state index contributed by atoms with van der Waals surface area (Å²) >= 11 is 0. The lowest BCUT2D eigenvalue weighted by atomic mass is 9.73. The molecule has 1 saturated heterocycles. The van der Waals surface area contributed by atoms with Crippen molar-refractivity contribution >= 4 is 5.91 Å². The van der Waals surface area contributed by atoms with Gasteiger partial charge < -0.3 is 14.8 Å². The quantitative estimate of drug-likeness (QED) is 0.876. The number of amides is 1. The zero-order valence-electron chi connectivity index (χ0n) is 13.0. The first-order chi connectivity index (χ1) is 10.2. The number of hydrogen-bond acceptors (Lipinski definition) is 3. The lowest BCUT2D eigenvalue weighted by Crippen LogP contribution is -2.44. The first-order valence-corrected chi connectivity index (χ1v) is 7.70. The first-order valence-electron chi connectivity index (χ1n) is 7.70. The molecule has 116 valence electrons. The highest BCUT2D eigenvalue weighted by atomic mass is 16.5. The van der Waals surface area contributed by atoms with Crippen LogP contribution in [0.15, 0.2) is 24.3 Å². The van der Waals surface area contributed by atoms with E-state index in [-0.39, 0.29) is 11.3 Å². The van der Waals surface area contributed by atoms with E-state index in [1.165, 1.54) is 5.56 Å². The number of para-hydroxylation sites is 1. The predicted molar refractivity (Wildman–Crippen MR) is 82.6 cm³/mol. The molecular formula is C17H25NO3. The second-order valence-electron chi connectivity index (χ2n) is 5.62. The number of carbonyl (C=O) groups excluding carboxylic acids is 1. The number of ether oxygens (including phenoxy) is 2. The van der Waals surface area contributed by atoms with Crippen molar-refractivity contribution in [2.45, 2.75) is 38.0 Å². The van der Waals surface area contributed by atoms with Gasteiger partial charge in [-0.1, -0.05) is 25.1 Å². The van der Waals surface area contributed by atoms with E-state index in [1.807, 2.05) is 25.1 Å². The van der Waals surface area contributed by atoms with Crippen LogP contribution in [0.2, 0.25) is 0 Å². The van der Waals surface area contributed by atoms with Gasteiger partial charge in [-0.05, 0) is 25.3 Å². The molecule has 0 radical (unpaired) electrons. The van der Waals surface area contributed by atoms with E-state index >= 15 is 0 Å². The standard InChI is InChI=1S/C17H25NO3/c1-3-6-16(19)18-13-17(9-11-21-12-10-17)14-7-4-5-8-15(14)20-2/h4-5,7-8H,3,6,9-13H2,1-2H3,(H,18,19). The highest BCUT2D eigenvalue weighted by Crippen LogP contribution is 2.39. The van der Waals surface area contributed by atoms with Gasteiger partial charge >= 0.3 is 0 Å². The summed E-state index contributed by atoms with van der Waals surface area (Å²) in [6.45, 7) is 4.11. The molecule has 1 amide bonds. The maximum atomic E-state index is 11.8. The molecule has 0 aliphatic carbocycles. The van der Waals surface area contributed by atoms with E-state index in [2.05, 4.69) is 11.4 Å². The van der Waals surface area contributed by atoms with Crippen molar-refractivity contribution in [1.82, 2.24) is 5.32 Å². The minimum Gasteiger partial charge on any atom is -0.496 e. The van der Waals surface area contributed by atoms with E-state index in [4.69, 9.17) is 9.47 Å². The van der Waals surface area contributed by atoms with Crippen LogP contribution < -0.4 is 10.1 Å². The minimum atomic E-state index is -0.0890. The van der Waals surface area contributed by atoms with Gasteiger partial charge in [-0.2, -0.15) is 0 Å². The Bertz CT molecular complexity index is 467. The van der Waals surface area contributed by atoms with Gasteiger partial charge in [0.1, 0.15) is 5.75 Å². The second-order valence-corrected chi connectivity index (χ2v) is 5.62. The number of methoxy groups -OCH3 is 1. The van der Waals surface area contributed by atoms with E-state index < -0.39 is 0 Å².